The Bertz CT molecular complexity index is 794. The Morgan fingerprint density at radius 3 is 2.70 bits per heavy atom. The molecule has 2 heterocycles. The number of aromatic nitrogens is 1. The van der Waals surface area contributed by atoms with Crippen molar-refractivity contribution in [2.75, 3.05) is 25.5 Å². The summed E-state index contributed by atoms with van der Waals surface area (Å²) in [6, 6.07) is 13.5. The average Bonchev–Trinajstić information content (AvgIpc) is 2.87. The third-order valence-corrected chi connectivity index (χ3v) is 5.02. The first-order valence-corrected chi connectivity index (χ1v) is 9.39. The molecule has 142 valence electrons. The van der Waals surface area contributed by atoms with Gasteiger partial charge in [0.25, 0.3) is 5.91 Å². The van der Waals surface area contributed by atoms with Crippen LogP contribution in [0, 0.1) is 0 Å². The Kier molecular flexibility index (Phi) is 6.06. The van der Waals surface area contributed by atoms with E-state index in [1.807, 2.05) is 35.2 Å². The van der Waals surface area contributed by atoms with Gasteiger partial charge in [-0.2, -0.15) is 0 Å². The summed E-state index contributed by atoms with van der Waals surface area (Å²) in [5, 5.41) is 2.97. The molecule has 1 aliphatic heterocycles. The van der Waals surface area contributed by atoms with Crippen LogP contribution in [0.15, 0.2) is 48.7 Å². The van der Waals surface area contributed by atoms with Gasteiger partial charge in [-0.15, -0.1) is 0 Å². The molecule has 2 aromatic rings. The zero-order chi connectivity index (χ0) is 19.2. The fourth-order valence-electron chi connectivity index (χ4n) is 3.50. The maximum absolute atomic E-state index is 13.1. The maximum Gasteiger partial charge on any atom is 0.257 e. The van der Waals surface area contributed by atoms with Crippen molar-refractivity contribution in [3.63, 3.8) is 0 Å². The van der Waals surface area contributed by atoms with Crippen LogP contribution in [0.4, 0.5) is 5.82 Å². The smallest absolute Gasteiger partial charge is 0.257 e. The van der Waals surface area contributed by atoms with Crippen molar-refractivity contribution in [1.82, 2.24) is 14.8 Å². The molecule has 1 fully saturated rings. The van der Waals surface area contributed by atoms with Gasteiger partial charge in [-0.05, 0) is 24.1 Å². The van der Waals surface area contributed by atoms with E-state index in [4.69, 9.17) is 0 Å². The third-order valence-electron chi connectivity index (χ3n) is 5.02. The SMILES string of the molecule is CC[C@H]1CN(C(=O)c2cccnc2NC)CCC(=O)N1Cc1ccccc1. The van der Waals surface area contributed by atoms with Gasteiger partial charge >= 0.3 is 0 Å². The Hall–Kier alpha value is -2.89. The van der Waals surface area contributed by atoms with Crippen LogP contribution >= 0.6 is 0 Å². The third kappa shape index (κ3) is 4.27. The summed E-state index contributed by atoms with van der Waals surface area (Å²) in [6.45, 7) is 3.60. The van der Waals surface area contributed by atoms with Crippen LogP contribution in [0.3, 0.4) is 0 Å². The van der Waals surface area contributed by atoms with Gasteiger partial charge in [0, 0.05) is 45.3 Å². The molecule has 1 aromatic carbocycles. The Morgan fingerprint density at radius 2 is 2.00 bits per heavy atom. The van der Waals surface area contributed by atoms with E-state index in [1.54, 1.807) is 30.3 Å². The normalized spacial score (nSPS) is 17.6. The number of rotatable bonds is 5. The van der Waals surface area contributed by atoms with Gasteiger partial charge in [0.05, 0.1) is 5.56 Å². The molecule has 1 aromatic heterocycles. The molecule has 1 N–H and O–H groups in total. The first kappa shape index (κ1) is 18.9. The molecule has 1 aliphatic rings. The average molecular weight is 366 g/mol. The van der Waals surface area contributed by atoms with Crippen molar-refractivity contribution in [2.24, 2.45) is 0 Å². The lowest BCUT2D eigenvalue weighted by Crippen LogP contribution is -2.43. The highest BCUT2D eigenvalue weighted by Gasteiger charge is 2.31. The minimum atomic E-state index is -0.0831. The van der Waals surface area contributed by atoms with Crippen LogP contribution in [0.25, 0.3) is 0 Å². The number of benzene rings is 1. The zero-order valence-corrected chi connectivity index (χ0v) is 15.9. The number of nitrogens with zero attached hydrogens (tertiary/aromatic N) is 3. The largest absolute Gasteiger partial charge is 0.372 e. The second-order valence-corrected chi connectivity index (χ2v) is 6.72. The van der Waals surface area contributed by atoms with Crippen molar-refractivity contribution >= 4 is 17.6 Å². The van der Waals surface area contributed by atoms with Crippen LogP contribution in [-0.2, 0) is 11.3 Å². The van der Waals surface area contributed by atoms with E-state index in [0.717, 1.165) is 12.0 Å². The first-order chi connectivity index (χ1) is 13.1. The molecule has 1 atom stereocenters. The minimum Gasteiger partial charge on any atom is -0.372 e. The molecule has 0 bridgehead atoms. The zero-order valence-electron chi connectivity index (χ0n) is 15.9. The Balaban J connectivity index is 1.81. The highest BCUT2D eigenvalue weighted by atomic mass is 16.2. The molecule has 0 aliphatic carbocycles. The highest BCUT2D eigenvalue weighted by Crippen LogP contribution is 2.21. The fraction of sp³-hybridized carbons (Fsp3) is 0.381. The first-order valence-electron chi connectivity index (χ1n) is 9.39. The van der Waals surface area contributed by atoms with Crippen molar-refractivity contribution in [3.05, 3.63) is 59.8 Å². The number of nitrogens with one attached hydrogen (secondary N) is 1. The Labute approximate surface area is 160 Å². The van der Waals surface area contributed by atoms with Gasteiger partial charge in [0.2, 0.25) is 5.91 Å². The van der Waals surface area contributed by atoms with E-state index in [-0.39, 0.29) is 17.9 Å². The van der Waals surface area contributed by atoms with Crippen LogP contribution < -0.4 is 5.32 Å². The number of amides is 2. The number of hydrogen-bond acceptors (Lipinski definition) is 4. The molecular formula is C21H26N4O2. The molecule has 27 heavy (non-hydrogen) atoms. The highest BCUT2D eigenvalue weighted by molar-refractivity contribution is 5.99. The maximum atomic E-state index is 13.1. The summed E-state index contributed by atoms with van der Waals surface area (Å²) in [5.41, 5.74) is 1.65. The van der Waals surface area contributed by atoms with Crippen molar-refractivity contribution < 1.29 is 9.59 Å². The number of pyridine rings is 1. The number of carbonyl (C=O) groups is 2. The molecular weight excluding hydrogens is 340 g/mol. The summed E-state index contributed by atoms with van der Waals surface area (Å²) < 4.78 is 0. The number of anilines is 1. The second-order valence-electron chi connectivity index (χ2n) is 6.72. The quantitative estimate of drug-likeness (QED) is 0.884. The van der Waals surface area contributed by atoms with E-state index < -0.39 is 0 Å². The standard InChI is InChI=1S/C21H26N4O2/c1-3-17-15-24(21(27)18-10-7-12-23-20(18)22-2)13-11-19(26)25(17)14-16-8-5-4-6-9-16/h4-10,12,17H,3,11,13-15H2,1-2H3,(H,22,23)/t17-/m0/s1. The lowest BCUT2D eigenvalue weighted by atomic mass is 10.1. The predicted molar refractivity (Wildman–Crippen MR) is 105 cm³/mol. The molecule has 0 spiro atoms. The number of carbonyl (C=O) groups excluding carboxylic acids is 2. The van der Waals surface area contributed by atoms with Crippen LogP contribution in [0.1, 0.15) is 35.7 Å². The predicted octanol–water partition coefficient (Wildman–Crippen LogP) is 2.78. The van der Waals surface area contributed by atoms with Crippen LogP contribution in [0.5, 0.6) is 0 Å². The fourth-order valence-corrected chi connectivity index (χ4v) is 3.50. The summed E-state index contributed by atoms with van der Waals surface area (Å²) in [5.74, 6) is 0.577. The van der Waals surface area contributed by atoms with Gasteiger partial charge in [0.1, 0.15) is 5.82 Å². The van der Waals surface area contributed by atoms with Crippen LogP contribution in [-0.4, -0.2) is 52.8 Å². The van der Waals surface area contributed by atoms with Gasteiger partial charge in [-0.1, -0.05) is 37.3 Å². The lowest BCUT2D eigenvalue weighted by Gasteiger charge is -2.31. The second kappa shape index (κ2) is 8.66. The summed E-state index contributed by atoms with van der Waals surface area (Å²) in [7, 11) is 1.75. The van der Waals surface area contributed by atoms with Gasteiger partial charge in [-0.3, -0.25) is 9.59 Å². The summed E-state index contributed by atoms with van der Waals surface area (Å²) in [4.78, 5) is 33.8. The summed E-state index contributed by atoms with van der Waals surface area (Å²) >= 11 is 0. The minimum absolute atomic E-state index is 0.00105. The van der Waals surface area contributed by atoms with Gasteiger partial charge in [-0.25, -0.2) is 4.98 Å². The Morgan fingerprint density at radius 1 is 1.22 bits per heavy atom. The van der Waals surface area contributed by atoms with E-state index in [0.29, 0.717) is 37.4 Å². The molecule has 0 radical (unpaired) electrons. The van der Waals surface area contributed by atoms with E-state index >= 15 is 0 Å². The molecule has 6 heteroatoms. The topological polar surface area (TPSA) is 65.5 Å². The monoisotopic (exact) mass is 366 g/mol. The van der Waals surface area contributed by atoms with Crippen LogP contribution in [0.2, 0.25) is 0 Å². The van der Waals surface area contributed by atoms with E-state index in [1.165, 1.54) is 0 Å². The molecule has 0 unspecified atom stereocenters. The molecule has 2 amide bonds. The molecule has 0 saturated carbocycles. The van der Waals surface area contributed by atoms with Crippen molar-refractivity contribution in [1.29, 1.82) is 0 Å². The van der Waals surface area contributed by atoms with Crippen molar-refractivity contribution in [3.8, 4) is 0 Å². The van der Waals surface area contributed by atoms with E-state index in [2.05, 4.69) is 17.2 Å². The van der Waals surface area contributed by atoms with Crippen molar-refractivity contribution in [2.45, 2.75) is 32.4 Å². The lowest BCUT2D eigenvalue weighted by molar-refractivity contribution is -0.133. The summed E-state index contributed by atoms with van der Waals surface area (Å²) in [6.07, 6.45) is 2.80. The molecule has 1 saturated heterocycles. The molecule has 3 rings (SSSR count). The molecule has 6 nitrogen and oxygen atoms in total. The van der Waals surface area contributed by atoms with Gasteiger partial charge in [0.15, 0.2) is 0 Å². The van der Waals surface area contributed by atoms with E-state index in [9.17, 15) is 9.59 Å². The van der Waals surface area contributed by atoms with Gasteiger partial charge < -0.3 is 15.1 Å². The number of hydrogen-bond donors (Lipinski definition) is 1.